The molecule has 0 amide bonds. The van der Waals surface area contributed by atoms with E-state index in [0.717, 1.165) is 44.5 Å². The van der Waals surface area contributed by atoms with Crippen LogP contribution in [0.1, 0.15) is 22.9 Å². The predicted octanol–water partition coefficient (Wildman–Crippen LogP) is 8.94. The molecule has 43 heavy (non-hydrogen) atoms. The summed E-state index contributed by atoms with van der Waals surface area (Å²) >= 11 is 0. The zero-order chi connectivity index (χ0) is 28.3. The SMILES string of the molecule is c1ccc(C2=NC(c3cccc4oc5cnccc5c34)=NC(c3cccc4ccc5c6ccccc6ccc5c34)N2)cc1. The third kappa shape index (κ3) is 3.75. The van der Waals surface area contributed by atoms with Crippen LogP contribution in [0.3, 0.4) is 0 Å². The molecular weight excluding hydrogens is 528 g/mol. The number of aliphatic imine (C=N–C) groups is 2. The molecule has 1 aliphatic rings. The van der Waals surface area contributed by atoms with Gasteiger partial charge in [0.25, 0.3) is 0 Å². The molecule has 9 rings (SSSR count). The first kappa shape index (κ1) is 23.9. The third-order valence-electron chi connectivity index (χ3n) is 8.42. The number of nitrogens with zero attached hydrogens (tertiary/aromatic N) is 3. The van der Waals surface area contributed by atoms with Crippen LogP contribution in [0.2, 0.25) is 0 Å². The summed E-state index contributed by atoms with van der Waals surface area (Å²) in [6.45, 7) is 0. The Morgan fingerprint density at radius 3 is 2.35 bits per heavy atom. The summed E-state index contributed by atoms with van der Waals surface area (Å²) in [5.74, 6) is 1.44. The van der Waals surface area contributed by atoms with Gasteiger partial charge in [0.2, 0.25) is 0 Å². The molecule has 0 saturated heterocycles. The molecule has 202 valence electrons. The fourth-order valence-electron chi connectivity index (χ4n) is 6.47. The molecule has 0 aliphatic carbocycles. The van der Waals surface area contributed by atoms with E-state index < -0.39 is 0 Å². The van der Waals surface area contributed by atoms with Gasteiger partial charge in [0.1, 0.15) is 17.6 Å². The Kier molecular flexibility index (Phi) is 5.19. The Bertz CT molecular complexity index is 2440. The van der Waals surface area contributed by atoms with Gasteiger partial charge in [-0.1, -0.05) is 109 Å². The van der Waals surface area contributed by atoms with Crippen LogP contribution in [-0.2, 0) is 0 Å². The quantitative estimate of drug-likeness (QED) is 0.223. The van der Waals surface area contributed by atoms with Crippen LogP contribution >= 0.6 is 0 Å². The van der Waals surface area contributed by atoms with Gasteiger partial charge >= 0.3 is 0 Å². The van der Waals surface area contributed by atoms with Gasteiger partial charge in [0.15, 0.2) is 11.4 Å². The lowest BCUT2D eigenvalue weighted by Crippen LogP contribution is -2.33. The first-order chi connectivity index (χ1) is 21.3. The molecule has 0 bridgehead atoms. The van der Waals surface area contributed by atoms with Crippen molar-refractivity contribution >= 4 is 65.9 Å². The van der Waals surface area contributed by atoms with E-state index >= 15 is 0 Å². The molecule has 0 spiro atoms. The first-order valence-corrected chi connectivity index (χ1v) is 14.4. The molecule has 1 N–H and O–H groups in total. The normalized spacial score (nSPS) is 15.2. The molecule has 3 heterocycles. The molecule has 8 aromatic rings. The van der Waals surface area contributed by atoms with Crippen LogP contribution in [0.15, 0.2) is 148 Å². The lowest BCUT2D eigenvalue weighted by Gasteiger charge is -2.25. The van der Waals surface area contributed by atoms with Crippen LogP contribution in [0, 0.1) is 0 Å². The van der Waals surface area contributed by atoms with Gasteiger partial charge in [-0.05, 0) is 44.5 Å². The molecule has 2 aromatic heterocycles. The summed E-state index contributed by atoms with van der Waals surface area (Å²) in [4.78, 5) is 14.7. The van der Waals surface area contributed by atoms with Crippen molar-refractivity contribution in [2.75, 3.05) is 0 Å². The van der Waals surface area contributed by atoms with Gasteiger partial charge in [0, 0.05) is 33.7 Å². The molecule has 6 aromatic carbocycles. The molecule has 0 saturated carbocycles. The minimum Gasteiger partial charge on any atom is -0.454 e. The Balaban J connectivity index is 1.31. The van der Waals surface area contributed by atoms with E-state index in [1.54, 1.807) is 12.4 Å². The maximum Gasteiger partial charge on any atom is 0.160 e. The van der Waals surface area contributed by atoms with Gasteiger partial charge in [-0.3, -0.25) is 4.98 Å². The summed E-state index contributed by atoms with van der Waals surface area (Å²) in [7, 11) is 0. The molecule has 5 heteroatoms. The number of furan rings is 1. The zero-order valence-electron chi connectivity index (χ0n) is 23.0. The summed E-state index contributed by atoms with van der Waals surface area (Å²) in [5.41, 5.74) is 4.57. The maximum atomic E-state index is 6.17. The van der Waals surface area contributed by atoms with Crippen molar-refractivity contribution in [3.63, 3.8) is 0 Å². The van der Waals surface area contributed by atoms with Crippen molar-refractivity contribution in [3.8, 4) is 0 Å². The number of fused-ring (bicyclic) bond motifs is 8. The molecule has 1 atom stereocenters. The van der Waals surface area contributed by atoms with Crippen molar-refractivity contribution in [2.24, 2.45) is 9.98 Å². The lowest BCUT2D eigenvalue weighted by atomic mass is 9.93. The number of benzene rings is 6. The second kappa shape index (κ2) is 9.36. The van der Waals surface area contributed by atoms with Crippen LogP contribution in [0.25, 0.3) is 54.3 Å². The Hall–Kier alpha value is -5.81. The van der Waals surface area contributed by atoms with E-state index in [1.807, 2.05) is 36.4 Å². The molecule has 1 unspecified atom stereocenters. The third-order valence-corrected chi connectivity index (χ3v) is 8.42. The van der Waals surface area contributed by atoms with Gasteiger partial charge in [0.05, 0.1) is 6.20 Å². The van der Waals surface area contributed by atoms with Crippen LogP contribution in [0.4, 0.5) is 0 Å². The van der Waals surface area contributed by atoms with E-state index in [9.17, 15) is 0 Å². The molecule has 1 aliphatic heterocycles. The summed E-state index contributed by atoms with van der Waals surface area (Å²) in [6, 6.07) is 42.3. The highest BCUT2D eigenvalue weighted by Crippen LogP contribution is 2.37. The summed E-state index contributed by atoms with van der Waals surface area (Å²) in [5, 5.41) is 13.0. The number of rotatable bonds is 3. The Morgan fingerprint density at radius 1 is 0.581 bits per heavy atom. The fraction of sp³-hybridized carbons (Fsp3) is 0.0263. The first-order valence-electron chi connectivity index (χ1n) is 14.4. The average Bonchev–Trinajstić information content (AvgIpc) is 3.47. The molecule has 5 nitrogen and oxygen atoms in total. The van der Waals surface area contributed by atoms with Crippen molar-refractivity contribution in [2.45, 2.75) is 6.17 Å². The van der Waals surface area contributed by atoms with E-state index in [4.69, 9.17) is 14.4 Å². The number of hydrogen-bond acceptors (Lipinski definition) is 5. The Morgan fingerprint density at radius 2 is 1.40 bits per heavy atom. The number of hydrogen-bond donors (Lipinski definition) is 1. The summed E-state index contributed by atoms with van der Waals surface area (Å²) in [6.07, 6.45) is 3.19. The molecular formula is C38H24N4O. The van der Waals surface area contributed by atoms with Crippen molar-refractivity contribution in [3.05, 3.63) is 150 Å². The lowest BCUT2D eigenvalue weighted by molar-refractivity contribution is 0.666. The van der Waals surface area contributed by atoms with E-state index in [1.165, 1.54) is 32.3 Å². The standard InChI is InChI=1S/C38H24N4O/c1-2-9-25(10-3-1)36-40-37(42-38(41-36)31-14-7-15-32-35(31)29-20-21-39-22-33(29)43-32)30-13-6-11-24-17-18-27-26-12-5-4-8-23(26)16-19-28(27)34(24)30/h1-22,37H,(H,40,41,42). The van der Waals surface area contributed by atoms with Crippen LogP contribution in [0.5, 0.6) is 0 Å². The Labute approximate surface area is 246 Å². The summed E-state index contributed by atoms with van der Waals surface area (Å²) < 4.78 is 6.17. The molecule has 0 radical (unpaired) electrons. The monoisotopic (exact) mass is 552 g/mol. The van der Waals surface area contributed by atoms with E-state index in [0.29, 0.717) is 5.84 Å². The maximum absolute atomic E-state index is 6.17. The van der Waals surface area contributed by atoms with E-state index in [2.05, 4.69) is 95.2 Å². The highest BCUT2D eigenvalue weighted by Gasteiger charge is 2.25. The minimum absolute atomic E-state index is 0.362. The topological polar surface area (TPSA) is 62.8 Å². The zero-order valence-corrected chi connectivity index (χ0v) is 23.0. The van der Waals surface area contributed by atoms with Crippen molar-refractivity contribution in [1.82, 2.24) is 10.3 Å². The second-order valence-corrected chi connectivity index (χ2v) is 10.9. The smallest absolute Gasteiger partial charge is 0.160 e. The van der Waals surface area contributed by atoms with Gasteiger partial charge < -0.3 is 9.73 Å². The van der Waals surface area contributed by atoms with Crippen molar-refractivity contribution in [1.29, 1.82) is 0 Å². The largest absolute Gasteiger partial charge is 0.454 e. The predicted molar refractivity (Wildman–Crippen MR) is 176 cm³/mol. The van der Waals surface area contributed by atoms with Crippen molar-refractivity contribution < 1.29 is 4.42 Å². The molecule has 0 fully saturated rings. The number of aromatic nitrogens is 1. The second-order valence-electron chi connectivity index (χ2n) is 10.9. The van der Waals surface area contributed by atoms with Gasteiger partial charge in [-0.15, -0.1) is 0 Å². The van der Waals surface area contributed by atoms with Gasteiger partial charge in [-0.2, -0.15) is 0 Å². The van der Waals surface area contributed by atoms with Gasteiger partial charge in [-0.25, -0.2) is 9.98 Å². The highest BCUT2D eigenvalue weighted by molar-refractivity contribution is 6.22. The fourth-order valence-corrected chi connectivity index (χ4v) is 6.47. The van der Waals surface area contributed by atoms with Crippen LogP contribution in [-0.4, -0.2) is 16.7 Å². The number of amidine groups is 2. The minimum atomic E-state index is -0.362. The highest BCUT2D eigenvalue weighted by atomic mass is 16.3. The van der Waals surface area contributed by atoms with E-state index in [-0.39, 0.29) is 6.17 Å². The average molecular weight is 553 g/mol. The number of nitrogens with one attached hydrogen (secondary N) is 1. The number of pyridine rings is 1. The van der Waals surface area contributed by atoms with Crippen LogP contribution < -0.4 is 5.32 Å².